The highest BCUT2D eigenvalue weighted by atomic mass is 16.5. The van der Waals surface area contributed by atoms with Crippen LogP contribution in [0.2, 0.25) is 0 Å². The Balaban J connectivity index is 2.20. The van der Waals surface area contributed by atoms with Gasteiger partial charge in [0.15, 0.2) is 0 Å². The maximum atomic E-state index is 5.51. The Morgan fingerprint density at radius 1 is 1.29 bits per heavy atom. The largest absolute Gasteiger partial charge is 0.368 e. The van der Waals surface area contributed by atoms with Gasteiger partial charge in [-0.3, -0.25) is 0 Å². The highest BCUT2D eigenvalue weighted by Crippen LogP contribution is 2.24. The topological polar surface area (TPSA) is 69.9 Å². The fourth-order valence-electron chi connectivity index (χ4n) is 1.90. The standard InChI is InChI=1S/C12H12N4O/c1-7-14-10-5-8(3-4-11(10)16(7)2)9-6-12(13)17-15-9/h3-6H,13H2,1-2H3. The normalized spacial score (nSPS) is 11.2. The van der Waals surface area contributed by atoms with Crippen LogP contribution in [0, 0.1) is 6.92 Å². The Kier molecular flexibility index (Phi) is 1.95. The fraction of sp³-hybridized carbons (Fsp3) is 0.167. The van der Waals surface area contributed by atoms with Gasteiger partial charge in [-0.15, -0.1) is 0 Å². The Bertz CT molecular complexity index is 696. The molecule has 0 radical (unpaired) electrons. The number of imidazole rings is 1. The van der Waals surface area contributed by atoms with Gasteiger partial charge in [0.05, 0.1) is 11.0 Å². The average molecular weight is 228 g/mol. The van der Waals surface area contributed by atoms with Crippen molar-refractivity contribution in [3.05, 3.63) is 30.1 Å². The van der Waals surface area contributed by atoms with Crippen LogP contribution in [-0.2, 0) is 7.05 Å². The summed E-state index contributed by atoms with van der Waals surface area (Å²) in [6.45, 7) is 1.98. The van der Waals surface area contributed by atoms with E-state index in [1.165, 1.54) is 0 Å². The molecule has 2 aromatic heterocycles. The number of benzene rings is 1. The quantitative estimate of drug-likeness (QED) is 0.692. The molecule has 0 aliphatic heterocycles. The maximum Gasteiger partial charge on any atom is 0.222 e. The van der Waals surface area contributed by atoms with Gasteiger partial charge in [-0.25, -0.2) is 4.98 Å². The fourth-order valence-corrected chi connectivity index (χ4v) is 1.90. The van der Waals surface area contributed by atoms with Crippen molar-refractivity contribution < 1.29 is 4.52 Å². The predicted octanol–water partition coefficient (Wildman–Crippen LogP) is 2.12. The zero-order chi connectivity index (χ0) is 12.0. The van der Waals surface area contributed by atoms with Crippen LogP contribution >= 0.6 is 0 Å². The molecule has 0 aliphatic rings. The number of nitrogens with two attached hydrogens (primary N) is 1. The summed E-state index contributed by atoms with van der Waals surface area (Å²) < 4.78 is 6.91. The van der Waals surface area contributed by atoms with Crippen molar-refractivity contribution in [3.8, 4) is 11.3 Å². The van der Waals surface area contributed by atoms with E-state index in [2.05, 4.69) is 14.7 Å². The maximum absolute atomic E-state index is 5.51. The Labute approximate surface area is 97.8 Å². The van der Waals surface area contributed by atoms with E-state index in [1.807, 2.05) is 32.2 Å². The SMILES string of the molecule is Cc1nc2cc(-c3cc(N)on3)ccc2n1C. The van der Waals surface area contributed by atoms with E-state index in [-0.39, 0.29) is 0 Å². The van der Waals surface area contributed by atoms with Crippen molar-refractivity contribution in [2.75, 3.05) is 5.73 Å². The van der Waals surface area contributed by atoms with Crippen molar-refractivity contribution in [1.29, 1.82) is 0 Å². The Morgan fingerprint density at radius 3 is 2.82 bits per heavy atom. The summed E-state index contributed by atoms with van der Waals surface area (Å²) in [4.78, 5) is 4.48. The molecule has 2 N–H and O–H groups in total. The zero-order valence-electron chi connectivity index (χ0n) is 9.64. The van der Waals surface area contributed by atoms with Crippen LogP contribution < -0.4 is 5.73 Å². The Morgan fingerprint density at radius 2 is 2.12 bits per heavy atom. The highest BCUT2D eigenvalue weighted by Gasteiger charge is 2.08. The smallest absolute Gasteiger partial charge is 0.222 e. The second-order valence-corrected chi connectivity index (χ2v) is 4.04. The molecule has 3 rings (SSSR count). The van der Waals surface area contributed by atoms with E-state index in [0.717, 1.165) is 28.1 Å². The summed E-state index contributed by atoms with van der Waals surface area (Å²) in [6.07, 6.45) is 0. The summed E-state index contributed by atoms with van der Waals surface area (Å²) in [7, 11) is 2.00. The summed E-state index contributed by atoms with van der Waals surface area (Å²) >= 11 is 0. The van der Waals surface area contributed by atoms with Gasteiger partial charge in [0.25, 0.3) is 0 Å². The van der Waals surface area contributed by atoms with Crippen LogP contribution in [0.25, 0.3) is 22.3 Å². The van der Waals surface area contributed by atoms with Crippen molar-refractivity contribution in [2.24, 2.45) is 7.05 Å². The zero-order valence-corrected chi connectivity index (χ0v) is 9.64. The lowest BCUT2D eigenvalue weighted by atomic mass is 10.1. The number of aryl methyl sites for hydroxylation is 2. The number of hydrogen-bond acceptors (Lipinski definition) is 4. The number of hydrogen-bond donors (Lipinski definition) is 1. The number of nitrogen functional groups attached to an aromatic ring is 1. The Hall–Kier alpha value is -2.30. The number of aromatic nitrogens is 3. The van der Waals surface area contributed by atoms with E-state index >= 15 is 0 Å². The summed E-state index contributed by atoms with van der Waals surface area (Å²) in [5.41, 5.74) is 9.24. The molecule has 0 aliphatic carbocycles. The molecule has 0 atom stereocenters. The number of nitrogens with zero attached hydrogens (tertiary/aromatic N) is 3. The average Bonchev–Trinajstić information content (AvgIpc) is 2.85. The molecule has 86 valence electrons. The molecule has 2 heterocycles. The third-order valence-electron chi connectivity index (χ3n) is 2.93. The van der Waals surface area contributed by atoms with Gasteiger partial charge in [0.1, 0.15) is 11.5 Å². The molecule has 17 heavy (non-hydrogen) atoms. The van der Waals surface area contributed by atoms with Gasteiger partial charge >= 0.3 is 0 Å². The van der Waals surface area contributed by atoms with Gasteiger partial charge in [-0.05, 0) is 19.1 Å². The number of rotatable bonds is 1. The molecule has 0 fully saturated rings. The molecular formula is C12H12N4O. The molecule has 5 heteroatoms. The van der Waals surface area contributed by atoms with E-state index in [4.69, 9.17) is 10.3 Å². The van der Waals surface area contributed by atoms with Crippen molar-refractivity contribution in [1.82, 2.24) is 14.7 Å². The van der Waals surface area contributed by atoms with Crippen molar-refractivity contribution in [3.63, 3.8) is 0 Å². The molecule has 1 aromatic carbocycles. The lowest BCUT2D eigenvalue weighted by molar-refractivity contribution is 0.439. The van der Waals surface area contributed by atoms with E-state index in [0.29, 0.717) is 5.88 Å². The highest BCUT2D eigenvalue weighted by molar-refractivity contribution is 5.82. The van der Waals surface area contributed by atoms with Gasteiger partial charge in [0.2, 0.25) is 5.88 Å². The van der Waals surface area contributed by atoms with Crippen LogP contribution in [0.5, 0.6) is 0 Å². The van der Waals surface area contributed by atoms with Crippen molar-refractivity contribution >= 4 is 16.9 Å². The first-order valence-electron chi connectivity index (χ1n) is 5.31. The van der Waals surface area contributed by atoms with E-state index in [9.17, 15) is 0 Å². The predicted molar refractivity (Wildman–Crippen MR) is 65.4 cm³/mol. The molecule has 5 nitrogen and oxygen atoms in total. The minimum Gasteiger partial charge on any atom is -0.368 e. The summed E-state index contributed by atoms with van der Waals surface area (Å²) in [5, 5.41) is 3.89. The minimum absolute atomic E-state index is 0.317. The lowest BCUT2D eigenvalue weighted by Crippen LogP contribution is -1.89. The molecule has 0 amide bonds. The summed E-state index contributed by atoms with van der Waals surface area (Å²) in [5.74, 6) is 1.30. The van der Waals surface area contributed by atoms with Gasteiger partial charge in [-0.2, -0.15) is 0 Å². The first-order chi connectivity index (χ1) is 8.15. The second-order valence-electron chi connectivity index (χ2n) is 4.04. The lowest BCUT2D eigenvalue weighted by Gasteiger charge is -1.97. The third-order valence-corrected chi connectivity index (χ3v) is 2.93. The molecule has 0 saturated heterocycles. The summed E-state index contributed by atoms with van der Waals surface area (Å²) in [6, 6.07) is 7.70. The molecule has 0 bridgehead atoms. The van der Waals surface area contributed by atoms with E-state index < -0.39 is 0 Å². The molecular weight excluding hydrogens is 216 g/mol. The number of anilines is 1. The van der Waals surface area contributed by atoms with Crippen LogP contribution in [-0.4, -0.2) is 14.7 Å². The van der Waals surface area contributed by atoms with Gasteiger partial charge < -0.3 is 14.8 Å². The minimum atomic E-state index is 0.317. The third kappa shape index (κ3) is 1.47. The molecule has 0 unspecified atom stereocenters. The van der Waals surface area contributed by atoms with Crippen molar-refractivity contribution in [2.45, 2.75) is 6.92 Å². The first-order valence-corrected chi connectivity index (χ1v) is 5.31. The van der Waals surface area contributed by atoms with E-state index in [1.54, 1.807) is 6.07 Å². The van der Waals surface area contributed by atoms with Gasteiger partial charge in [-0.1, -0.05) is 11.2 Å². The van der Waals surface area contributed by atoms with Crippen LogP contribution in [0.15, 0.2) is 28.8 Å². The molecule has 0 spiro atoms. The molecule has 3 aromatic rings. The monoisotopic (exact) mass is 228 g/mol. The first kappa shape index (κ1) is 9.89. The second kappa shape index (κ2) is 3.35. The number of fused-ring (bicyclic) bond motifs is 1. The van der Waals surface area contributed by atoms with Crippen LogP contribution in [0.1, 0.15) is 5.82 Å². The van der Waals surface area contributed by atoms with Gasteiger partial charge in [0, 0.05) is 18.7 Å². The van der Waals surface area contributed by atoms with Crippen LogP contribution in [0.3, 0.4) is 0 Å². The van der Waals surface area contributed by atoms with Crippen LogP contribution in [0.4, 0.5) is 5.88 Å². The molecule has 0 saturated carbocycles.